The fourth-order valence-electron chi connectivity index (χ4n) is 2.43. The van der Waals surface area contributed by atoms with Crippen LogP contribution in [-0.2, 0) is 6.54 Å². The van der Waals surface area contributed by atoms with Crippen LogP contribution < -0.4 is 19.5 Å². The van der Waals surface area contributed by atoms with Crippen LogP contribution in [0.5, 0.6) is 17.2 Å². The van der Waals surface area contributed by atoms with Gasteiger partial charge in [-0.3, -0.25) is 0 Å². The average molecular weight is 301 g/mol. The van der Waals surface area contributed by atoms with Crippen LogP contribution in [-0.4, -0.2) is 25.6 Å². The Bertz CT molecular complexity index is 630. The highest BCUT2D eigenvalue weighted by atomic mass is 16.7. The van der Waals surface area contributed by atoms with E-state index in [-0.39, 0.29) is 6.79 Å². The summed E-state index contributed by atoms with van der Waals surface area (Å²) in [7, 11) is 1.60. The summed E-state index contributed by atoms with van der Waals surface area (Å²) < 4.78 is 16.1. The largest absolute Gasteiger partial charge is 0.493 e. The van der Waals surface area contributed by atoms with Crippen molar-refractivity contribution in [3.8, 4) is 17.2 Å². The Morgan fingerprint density at radius 3 is 2.82 bits per heavy atom. The van der Waals surface area contributed by atoms with E-state index in [0.29, 0.717) is 30.3 Å². The van der Waals surface area contributed by atoms with Crippen molar-refractivity contribution in [3.63, 3.8) is 0 Å². The average Bonchev–Trinajstić information content (AvgIpc) is 3.03. The summed E-state index contributed by atoms with van der Waals surface area (Å²) in [6, 6.07) is 13.4. The van der Waals surface area contributed by atoms with Gasteiger partial charge in [-0.1, -0.05) is 30.3 Å². The van der Waals surface area contributed by atoms with E-state index >= 15 is 0 Å². The quantitative estimate of drug-likeness (QED) is 0.857. The third-order valence-corrected chi connectivity index (χ3v) is 3.57. The molecule has 116 valence electrons. The SMILES string of the molecule is COc1cc(CNC[C@@H](O)c2ccccc2)cc2c1OCO2. The molecule has 2 N–H and O–H groups in total. The van der Waals surface area contributed by atoms with E-state index < -0.39 is 6.10 Å². The van der Waals surface area contributed by atoms with Gasteiger partial charge in [-0.2, -0.15) is 0 Å². The Hall–Kier alpha value is -2.24. The van der Waals surface area contributed by atoms with Crippen LogP contribution in [0.3, 0.4) is 0 Å². The monoisotopic (exact) mass is 301 g/mol. The molecular formula is C17H19NO4. The Morgan fingerprint density at radius 1 is 1.23 bits per heavy atom. The normalized spacial score (nSPS) is 13.9. The summed E-state index contributed by atoms with van der Waals surface area (Å²) in [6.07, 6.45) is -0.530. The van der Waals surface area contributed by atoms with Crippen molar-refractivity contribution >= 4 is 0 Å². The highest BCUT2D eigenvalue weighted by molar-refractivity contribution is 5.55. The molecule has 3 rings (SSSR count). The minimum atomic E-state index is -0.530. The second kappa shape index (κ2) is 6.68. The maximum absolute atomic E-state index is 10.1. The number of ether oxygens (including phenoxy) is 3. The summed E-state index contributed by atoms with van der Waals surface area (Å²) in [5, 5.41) is 13.4. The minimum absolute atomic E-state index is 0.218. The zero-order valence-corrected chi connectivity index (χ0v) is 12.4. The molecule has 5 nitrogen and oxygen atoms in total. The number of hydrogen-bond donors (Lipinski definition) is 2. The summed E-state index contributed by atoms with van der Waals surface area (Å²) in [5.41, 5.74) is 1.92. The maximum Gasteiger partial charge on any atom is 0.231 e. The highest BCUT2D eigenvalue weighted by Gasteiger charge is 2.20. The third kappa shape index (κ3) is 3.16. The predicted molar refractivity (Wildman–Crippen MR) is 82.2 cm³/mol. The van der Waals surface area contributed by atoms with Gasteiger partial charge < -0.3 is 24.6 Å². The topological polar surface area (TPSA) is 60.0 Å². The van der Waals surface area contributed by atoms with Crippen LogP contribution >= 0.6 is 0 Å². The number of aliphatic hydroxyl groups is 1. The van der Waals surface area contributed by atoms with Gasteiger partial charge in [0, 0.05) is 13.1 Å². The van der Waals surface area contributed by atoms with Gasteiger partial charge in [0.2, 0.25) is 12.5 Å². The molecule has 0 unspecified atom stereocenters. The van der Waals surface area contributed by atoms with Crippen molar-refractivity contribution in [2.45, 2.75) is 12.6 Å². The molecule has 1 heterocycles. The number of aliphatic hydroxyl groups excluding tert-OH is 1. The molecule has 0 bridgehead atoms. The lowest BCUT2D eigenvalue weighted by atomic mass is 10.1. The Labute approximate surface area is 129 Å². The molecule has 1 aliphatic rings. The van der Waals surface area contributed by atoms with E-state index in [9.17, 15) is 5.11 Å². The summed E-state index contributed by atoms with van der Waals surface area (Å²) in [5.74, 6) is 2.01. The Morgan fingerprint density at radius 2 is 2.05 bits per heavy atom. The molecule has 0 spiro atoms. The summed E-state index contributed by atoms with van der Waals surface area (Å²) in [4.78, 5) is 0. The standard InChI is InChI=1S/C17H19NO4/c1-20-15-7-12(8-16-17(15)22-11-21-16)9-18-10-14(19)13-5-3-2-4-6-13/h2-8,14,18-19H,9-11H2,1H3/t14-/m1/s1. The van der Waals surface area contributed by atoms with Crippen LogP contribution in [0.4, 0.5) is 0 Å². The molecule has 0 fully saturated rings. The fraction of sp³-hybridized carbons (Fsp3) is 0.294. The van der Waals surface area contributed by atoms with E-state index in [1.807, 2.05) is 42.5 Å². The molecule has 2 aromatic rings. The first kappa shape index (κ1) is 14.7. The molecule has 0 aliphatic carbocycles. The van der Waals surface area contributed by atoms with Gasteiger partial charge in [0.25, 0.3) is 0 Å². The molecule has 0 saturated heterocycles. The van der Waals surface area contributed by atoms with Gasteiger partial charge in [-0.15, -0.1) is 0 Å². The maximum atomic E-state index is 10.1. The van der Waals surface area contributed by atoms with E-state index in [2.05, 4.69) is 5.32 Å². The lowest BCUT2D eigenvalue weighted by Gasteiger charge is -2.13. The van der Waals surface area contributed by atoms with Gasteiger partial charge >= 0.3 is 0 Å². The second-order valence-electron chi connectivity index (χ2n) is 5.09. The van der Waals surface area contributed by atoms with Crippen molar-refractivity contribution in [1.82, 2.24) is 5.32 Å². The Balaban J connectivity index is 1.60. The molecule has 1 aliphatic heterocycles. The molecule has 22 heavy (non-hydrogen) atoms. The molecule has 0 radical (unpaired) electrons. The van der Waals surface area contributed by atoms with Gasteiger partial charge in [0.05, 0.1) is 13.2 Å². The number of fused-ring (bicyclic) bond motifs is 1. The fourth-order valence-corrected chi connectivity index (χ4v) is 2.43. The van der Waals surface area contributed by atoms with Crippen molar-refractivity contribution in [1.29, 1.82) is 0 Å². The first-order chi connectivity index (χ1) is 10.8. The number of hydrogen-bond acceptors (Lipinski definition) is 5. The van der Waals surface area contributed by atoms with E-state index in [1.165, 1.54) is 0 Å². The first-order valence-corrected chi connectivity index (χ1v) is 7.18. The molecule has 2 aromatic carbocycles. The third-order valence-electron chi connectivity index (χ3n) is 3.57. The first-order valence-electron chi connectivity index (χ1n) is 7.18. The Kier molecular flexibility index (Phi) is 4.46. The number of rotatable bonds is 6. The zero-order valence-electron chi connectivity index (χ0n) is 12.4. The number of methoxy groups -OCH3 is 1. The van der Waals surface area contributed by atoms with Crippen molar-refractivity contribution in [3.05, 3.63) is 53.6 Å². The van der Waals surface area contributed by atoms with Gasteiger partial charge in [0.15, 0.2) is 11.5 Å². The van der Waals surface area contributed by atoms with Crippen molar-refractivity contribution < 1.29 is 19.3 Å². The zero-order chi connectivity index (χ0) is 15.4. The van der Waals surface area contributed by atoms with Gasteiger partial charge in [-0.05, 0) is 23.3 Å². The molecule has 0 amide bonds. The van der Waals surface area contributed by atoms with Crippen LogP contribution in [0.15, 0.2) is 42.5 Å². The highest BCUT2D eigenvalue weighted by Crippen LogP contribution is 2.41. The van der Waals surface area contributed by atoms with Crippen LogP contribution in [0.25, 0.3) is 0 Å². The number of nitrogens with one attached hydrogen (secondary N) is 1. The summed E-state index contributed by atoms with van der Waals surface area (Å²) in [6.45, 7) is 1.30. The van der Waals surface area contributed by atoms with Crippen molar-refractivity contribution in [2.75, 3.05) is 20.4 Å². The minimum Gasteiger partial charge on any atom is -0.493 e. The summed E-state index contributed by atoms with van der Waals surface area (Å²) >= 11 is 0. The van der Waals surface area contributed by atoms with E-state index in [1.54, 1.807) is 7.11 Å². The van der Waals surface area contributed by atoms with E-state index in [0.717, 1.165) is 11.1 Å². The van der Waals surface area contributed by atoms with Crippen molar-refractivity contribution in [2.24, 2.45) is 0 Å². The molecule has 5 heteroatoms. The molecule has 0 saturated carbocycles. The van der Waals surface area contributed by atoms with Crippen LogP contribution in [0, 0.1) is 0 Å². The predicted octanol–water partition coefficient (Wildman–Crippen LogP) is 2.25. The second-order valence-corrected chi connectivity index (χ2v) is 5.09. The molecule has 1 atom stereocenters. The van der Waals surface area contributed by atoms with Gasteiger partial charge in [0.1, 0.15) is 0 Å². The van der Waals surface area contributed by atoms with Gasteiger partial charge in [-0.25, -0.2) is 0 Å². The van der Waals surface area contributed by atoms with Crippen LogP contribution in [0.2, 0.25) is 0 Å². The van der Waals surface area contributed by atoms with Crippen LogP contribution in [0.1, 0.15) is 17.2 Å². The molecule has 0 aromatic heterocycles. The molecular weight excluding hydrogens is 282 g/mol. The number of benzene rings is 2. The van der Waals surface area contributed by atoms with E-state index in [4.69, 9.17) is 14.2 Å². The lowest BCUT2D eigenvalue weighted by molar-refractivity contribution is 0.171. The lowest BCUT2D eigenvalue weighted by Crippen LogP contribution is -2.21. The smallest absolute Gasteiger partial charge is 0.231 e.